The number of aliphatic hydroxyl groups is 1. The Morgan fingerprint density at radius 1 is 1.11 bits per heavy atom. The van der Waals surface area contributed by atoms with Crippen LogP contribution in [0.4, 0.5) is 5.13 Å². The van der Waals surface area contributed by atoms with Gasteiger partial charge in [0, 0.05) is 10.8 Å². The van der Waals surface area contributed by atoms with Gasteiger partial charge in [-0.1, -0.05) is 77.2 Å². The third-order valence-electron chi connectivity index (χ3n) is 5.53. The van der Waals surface area contributed by atoms with Crippen LogP contribution >= 0.6 is 46.0 Å². The maximum Gasteiger partial charge on any atom is 0.296 e. The van der Waals surface area contributed by atoms with Crippen molar-refractivity contribution in [1.29, 1.82) is 0 Å². The summed E-state index contributed by atoms with van der Waals surface area (Å²) >= 11 is 10.2. The fourth-order valence-corrected chi connectivity index (χ4v) is 6.86. The number of hydrogen-bond acceptors (Lipinski definition) is 9. The number of Topliss-reactive ketones (excluding diaryl/α,β-unsaturated/α-hetero) is 1. The number of nitrogens with zero attached hydrogens (tertiary/aromatic N) is 4. The summed E-state index contributed by atoms with van der Waals surface area (Å²) in [5, 5.41) is 20.9. The van der Waals surface area contributed by atoms with E-state index >= 15 is 0 Å². The van der Waals surface area contributed by atoms with E-state index in [1.165, 1.54) is 39.3 Å². The molecule has 5 rings (SSSR count). The molecule has 4 aromatic rings. The van der Waals surface area contributed by atoms with E-state index in [0.717, 1.165) is 10.6 Å². The molecular weight excluding hydrogens is 536 g/mol. The molecule has 3 heterocycles. The van der Waals surface area contributed by atoms with Gasteiger partial charge in [0.2, 0.25) is 10.9 Å². The summed E-state index contributed by atoms with van der Waals surface area (Å²) in [6, 6.07) is 15.9. The molecule has 1 atom stereocenters. The third kappa shape index (κ3) is 4.69. The first-order valence-electron chi connectivity index (χ1n) is 10.8. The maximum absolute atomic E-state index is 13.7. The summed E-state index contributed by atoms with van der Waals surface area (Å²) < 4.78 is 0.666. The van der Waals surface area contributed by atoms with Gasteiger partial charge in [0.25, 0.3) is 5.91 Å². The van der Waals surface area contributed by atoms with Crippen molar-refractivity contribution >= 4 is 62.9 Å². The van der Waals surface area contributed by atoms with Gasteiger partial charge in [0.1, 0.15) is 0 Å². The van der Waals surface area contributed by atoms with Crippen LogP contribution in [0.25, 0.3) is 0 Å². The Morgan fingerprint density at radius 2 is 1.89 bits per heavy atom. The van der Waals surface area contributed by atoms with Gasteiger partial charge in [-0.3, -0.25) is 14.5 Å². The van der Waals surface area contributed by atoms with Gasteiger partial charge in [-0.25, -0.2) is 4.98 Å². The standard InChI is InChI=1S/C25H19ClN4O3S3/c1-13-22(35-14(2)27-13)20(31)18-19(16-9-6-10-17(26)11-16)30(23(33)21(18)32)24-28-29-25(36-24)34-12-15-7-4-3-5-8-15/h3-11,19,32H,12H2,1-2H3. The fraction of sp³-hybridized carbons (Fsp3) is 0.160. The van der Waals surface area contributed by atoms with Crippen LogP contribution in [0.1, 0.15) is 37.5 Å². The van der Waals surface area contributed by atoms with Crippen molar-refractivity contribution in [3.8, 4) is 0 Å². The van der Waals surface area contributed by atoms with Crippen molar-refractivity contribution in [3.63, 3.8) is 0 Å². The first-order chi connectivity index (χ1) is 17.3. The van der Waals surface area contributed by atoms with E-state index in [9.17, 15) is 14.7 Å². The van der Waals surface area contributed by atoms with Gasteiger partial charge >= 0.3 is 0 Å². The van der Waals surface area contributed by atoms with Crippen molar-refractivity contribution in [2.75, 3.05) is 4.90 Å². The molecule has 0 radical (unpaired) electrons. The number of rotatable bonds is 7. The van der Waals surface area contributed by atoms with Crippen molar-refractivity contribution in [1.82, 2.24) is 15.2 Å². The van der Waals surface area contributed by atoms with Crippen molar-refractivity contribution < 1.29 is 14.7 Å². The number of thiazole rings is 1. The second kappa shape index (κ2) is 10.1. The molecule has 1 aliphatic rings. The predicted octanol–water partition coefficient (Wildman–Crippen LogP) is 6.34. The number of aromatic nitrogens is 3. The highest BCUT2D eigenvalue weighted by Gasteiger charge is 2.46. The van der Waals surface area contributed by atoms with Gasteiger partial charge in [-0.05, 0) is 37.1 Å². The highest BCUT2D eigenvalue weighted by molar-refractivity contribution is 8.00. The number of aliphatic hydroxyl groups excluding tert-OH is 1. The number of benzene rings is 2. The molecule has 2 aromatic heterocycles. The van der Waals surface area contributed by atoms with Crippen molar-refractivity contribution in [3.05, 3.63) is 97.7 Å². The maximum atomic E-state index is 13.7. The highest BCUT2D eigenvalue weighted by Crippen LogP contribution is 2.44. The lowest BCUT2D eigenvalue weighted by Crippen LogP contribution is -2.31. The average molecular weight is 555 g/mol. The number of amides is 1. The first kappa shape index (κ1) is 24.6. The van der Waals surface area contributed by atoms with Crippen LogP contribution in [0.5, 0.6) is 0 Å². The van der Waals surface area contributed by atoms with Gasteiger partial charge in [0.05, 0.1) is 27.2 Å². The summed E-state index contributed by atoms with van der Waals surface area (Å²) in [5.41, 5.74) is 2.24. The van der Waals surface area contributed by atoms with Crippen LogP contribution in [-0.4, -0.2) is 32.0 Å². The summed E-state index contributed by atoms with van der Waals surface area (Å²) in [6.45, 7) is 3.54. The molecule has 36 heavy (non-hydrogen) atoms. The largest absolute Gasteiger partial charge is 0.503 e. The molecule has 0 saturated carbocycles. The van der Waals surface area contributed by atoms with E-state index in [1.807, 2.05) is 30.3 Å². The minimum absolute atomic E-state index is 0.0253. The first-order valence-corrected chi connectivity index (χ1v) is 13.8. The highest BCUT2D eigenvalue weighted by atomic mass is 35.5. The molecule has 1 unspecified atom stereocenters. The Bertz CT molecular complexity index is 1500. The number of carbonyl (C=O) groups excluding carboxylic acids is 2. The van der Waals surface area contributed by atoms with E-state index in [4.69, 9.17) is 11.6 Å². The summed E-state index contributed by atoms with van der Waals surface area (Å²) in [7, 11) is 0. The van der Waals surface area contributed by atoms with Crippen molar-refractivity contribution in [2.45, 2.75) is 30.0 Å². The second-order valence-electron chi connectivity index (χ2n) is 8.00. The smallest absolute Gasteiger partial charge is 0.296 e. The van der Waals surface area contributed by atoms with E-state index in [0.29, 0.717) is 31.2 Å². The van der Waals surface area contributed by atoms with Crippen molar-refractivity contribution in [2.24, 2.45) is 0 Å². The lowest BCUT2D eigenvalue weighted by molar-refractivity contribution is -0.117. The van der Waals surface area contributed by atoms with Gasteiger partial charge < -0.3 is 5.11 Å². The number of halogens is 1. The molecule has 7 nitrogen and oxygen atoms in total. The Morgan fingerprint density at radius 3 is 2.58 bits per heavy atom. The fourth-order valence-electron chi connectivity index (χ4n) is 3.97. The Kier molecular flexibility index (Phi) is 6.94. The van der Waals surface area contributed by atoms with Gasteiger partial charge in [-0.2, -0.15) is 0 Å². The number of carbonyl (C=O) groups is 2. The monoisotopic (exact) mass is 554 g/mol. The topological polar surface area (TPSA) is 96.3 Å². The number of ketones is 1. The quantitative estimate of drug-likeness (QED) is 0.162. The molecule has 1 amide bonds. The molecule has 1 N–H and O–H groups in total. The van der Waals surface area contributed by atoms with E-state index in [-0.39, 0.29) is 10.7 Å². The summed E-state index contributed by atoms with van der Waals surface area (Å²) in [5.74, 6) is -1.07. The van der Waals surface area contributed by atoms with Crippen LogP contribution in [0.3, 0.4) is 0 Å². The Balaban J connectivity index is 1.53. The molecular formula is C25H19ClN4O3S3. The zero-order chi connectivity index (χ0) is 25.4. The van der Waals surface area contributed by atoms with Crippen LogP contribution in [0.15, 0.2) is 70.3 Å². The van der Waals surface area contributed by atoms with Gasteiger partial charge in [0.15, 0.2) is 10.1 Å². The number of hydrogen-bond donors (Lipinski definition) is 1. The SMILES string of the molecule is Cc1nc(C)c(C(=O)C2=C(O)C(=O)N(c3nnc(SCc4ccccc4)s3)C2c2cccc(Cl)c2)s1. The Hall–Kier alpha value is -3.05. The molecule has 0 aliphatic carbocycles. The Labute approximate surface area is 224 Å². The molecule has 1 aliphatic heterocycles. The van der Waals surface area contributed by atoms with E-state index in [2.05, 4.69) is 15.2 Å². The van der Waals surface area contributed by atoms with Gasteiger partial charge in [-0.15, -0.1) is 21.5 Å². The molecule has 2 aromatic carbocycles. The minimum atomic E-state index is -0.912. The van der Waals surface area contributed by atoms with Crippen LogP contribution in [0, 0.1) is 13.8 Å². The molecule has 182 valence electrons. The lowest BCUT2D eigenvalue weighted by atomic mass is 9.95. The number of thioether (sulfide) groups is 1. The van der Waals surface area contributed by atoms with Crippen LogP contribution in [-0.2, 0) is 10.5 Å². The summed E-state index contributed by atoms with van der Waals surface area (Å²) in [4.78, 5) is 33.0. The normalized spacial score (nSPS) is 15.7. The second-order valence-corrected chi connectivity index (χ2v) is 11.8. The molecule has 0 saturated heterocycles. The minimum Gasteiger partial charge on any atom is -0.503 e. The van der Waals surface area contributed by atoms with E-state index < -0.39 is 23.5 Å². The molecule has 0 fully saturated rings. The molecule has 0 spiro atoms. The molecule has 0 bridgehead atoms. The third-order valence-corrected chi connectivity index (χ3v) is 8.97. The number of aryl methyl sites for hydroxylation is 2. The van der Waals surface area contributed by atoms with Crippen LogP contribution < -0.4 is 4.90 Å². The number of anilines is 1. The average Bonchev–Trinajstić information content (AvgIpc) is 3.54. The zero-order valence-corrected chi connectivity index (χ0v) is 22.3. The van der Waals surface area contributed by atoms with E-state index in [1.54, 1.807) is 38.1 Å². The zero-order valence-electron chi connectivity index (χ0n) is 19.1. The van der Waals surface area contributed by atoms with Crippen LogP contribution in [0.2, 0.25) is 5.02 Å². The molecule has 11 heteroatoms. The summed E-state index contributed by atoms with van der Waals surface area (Å²) in [6.07, 6.45) is 0. The lowest BCUT2D eigenvalue weighted by Gasteiger charge is -2.24. The predicted molar refractivity (Wildman–Crippen MR) is 143 cm³/mol.